The van der Waals surface area contributed by atoms with Gasteiger partial charge in [-0.1, -0.05) is 19.4 Å². The second kappa shape index (κ2) is 10.5. The summed E-state index contributed by atoms with van der Waals surface area (Å²) in [7, 11) is 0. The van der Waals surface area contributed by atoms with Gasteiger partial charge in [-0.2, -0.15) is 0 Å². The Morgan fingerprint density at radius 1 is 1.32 bits per heavy atom. The van der Waals surface area contributed by atoms with Crippen LogP contribution in [0.3, 0.4) is 0 Å². The molecule has 4 atom stereocenters. The molecule has 1 aliphatic heterocycles. The number of aliphatic hydroxyl groups is 1. The van der Waals surface area contributed by atoms with Crippen LogP contribution in [-0.2, 0) is 14.3 Å². The molecule has 1 rings (SSSR count). The van der Waals surface area contributed by atoms with Crippen LogP contribution in [0.2, 0.25) is 0 Å². The zero-order valence-electron chi connectivity index (χ0n) is 17.3. The van der Waals surface area contributed by atoms with E-state index in [2.05, 4.69) is 11.9 Å². The summed E-state index contributed by atoms with van der Waals surface area (Å²) in [4.78, 5) is 38.0. The van der Waals surface area contributed by atoms with E-state index in [0.29, 0.717) is 6.42 Å². The molecule has 0 bridgehead atoms. The molecular weight excluding hydrogens is 364 g/mol. The second-order valence-electron chi connectivity index (χ2n) is 8.41. The molecule has 2 amide bonds. The Kier molecular flexibility index (Phi) is 8.94. The monoisotopic (exact) mass is 398 g/mol. The molecule has 1 heterocycles. The largest absolute Gasteiger partial charge is 0.480 e. The molecular formula is C20H34N2O6. The number of likely N-dealkylation sites (tertiary alicyclic amines) is 1. The molecule has 4 unspecified atom stereocenters. The third kappa shape index (κ3) is 7.50. The van der Waals surface area contributed by atoms with Crippen LogP contribution in [0.5, 0.6) is 0 Å². The van der Waals surface area contributed by atoms with E-state index in [-0.39, 0.29) is 18.9 Å². The molecule has 28 heavy (non-hydrogen) atoms. The van der Waals surface area contributed by atoms with Gasteiger partial charge in [0.15, 0.2) is 0 Å². The molecule has 0 aromatic carbocycles. The van der Waals surface area contributed by atoms with Gasteiger partial charge in [0.25, 0.3) is 0 Å². The van der Waals surface area contributed by atoms with E-state index >= 15 is 0 Å². The lowest BCUT2D eigenvalue weighted by atomic mass is 9.94. The molecule has 1 fully saturated rings. The van der Waals surface area contributed by atoms with Crippen molar-refractivity contribution in [1.29, 1.82) is 0 Å². The fourth-order valence-electron chi connectivity index (χ4n) is 3.27. The highest BCUT2D eigenvalue weighted by molar-refractivity contribution is 5.90. The number of aliphatic hydroxyl groups excluding tert-OH is 1. The SMILES string of the molecule is C=CCCCCC(C)C(NC(=O)OC(C)(C)C)C(=O)N1CC(O)CC1C(=O)O. The van der Waals surface area contributed by atoms with E-state index in [0.717, 1.165) is 24.2 Å². The standard InChI is InChI=1S/C20H34N2O6/c1-6-7-8-9-10-13(2)16(21-19(27)28-20(3,4)5)17(24)22-12-14(23)11-15(22)18(25)26/h6,13-16,23H,1,7-12H2,2-5H3,(H,21,27)(H,25,26). The van der Waals surface area contributed by atoms with Crippen LogP contribution >= 0.6 is 0 Å². The number of hydrogen-bond donors (Lipinski definition) is 3. The Morgan fingerprint density at radius 2 is 1.96 bits per heavy atom. The summed E-state index contributed by atoms with van der Waals surface area (Å²) < 4.78 is 5.27. The summed E-state index contributed by atoms with van der Waals surface area (Å²) in [6.45, 7) is 10.6. The molecule has 0 saturated carbocycles. The van der Waals surface area contributed by atoms with Crippen LogP contribution in [0, 0.1) is 5.92 Å². The number of amides is 2. The molecule has 3 N–H and O–H groups in total. The third-order valence-corrected chi connectivity index (χ3v) is 4.67. The Bertz CT molecular complexity index is 572. The number of nitrogens with one attached hydrogen (secondary N) is 1. The van der Waals surface area contributed by atoms with E-state index in [1.807, 2.05) is 13.0 Å². The predicted molar refractivity (Wildman–Crippen MR) is 105 cm³/mol. The minimum Gasteiger partial charge on any atom is -0.480 e. The van der Waals surface area contributed by atoms with Gasteiger partial charge in [-0.05, 0) is 46.0 Å². The fraction of sp³-hybridized carbons (Fsp3) is 0.750. The molecule has 0 aliphatic carbocycles. The number of ether oxygens (including phenoxy) is 1. The van der Waals surface area contributed by atoms with Crippen LogP contribution < -0.4 is 5.32 Å². The first-order chi connectivity index (χ1) is 13.0. The van der Waals surface area contributed by atoms with Gasteiger partial charge in [0.05, 0.1) is 6.10 Å². The van der Waals surface area contributed by atoms with Gasteiger partial charge in [0, 0.05) is 13.0 Å². The normalized spacial score (nSPS) is 21.7. The van der Waals surface area contributed by atoms with Crippen molar-refractivity contribution < 1.29 is 29.3 Å². The number of β-amino-alcohol motifs (C(OH)–C–C–N with tert-alkyl or cyclic N) is 1. The van der Waals surface area contributed by atoms with E-state index in [1.165, 1.54) is 0 Å². The van der Waals surface area contributed by atoms with E-state index in [9.17, 15) is 24.6 Å². The zero-order chi connectivity index (χ0) is 21.5. The number of carboxylic acids is 1. The highest BCUT2D eigenvalue weighted by Gasteiger charge is 2.43. The number of nitrogens with zero attached hydrogens (tertiary/aromatic N) is 1. The lowest BCUT2D eigenvalue weighted by Crippen LogP contribution is -2.55. The number of unbranched alkanes of at least 4 members (excludes halogenated alkanes) is 2. The third-order valence-electron chi connectivity index (χ3n) is 4.67. The van der Waals surface area contributed by atoms with Crippen LogP contribution in [0.4, 0.5) is 4.79 Å². The first-order valence-corrected chi connectivity index (χ1v) is 9.78. The highest BCUT2D eigenvalue weighted by atomic mass is 16.6. The van der Waals surface area contributed by atoms with Crippen LogP contribution in [-0.4, -0.2) is 63.4 Å². The summed E-state index contributed by atoms with van der Waals surface area (Å²) >= 11 is 0. The van der Waals surface area contributed by atoms with Crippen molar-refractivity contribution in [3.05, 3.63) is 12.7 Å². The van der Waals surface area contributed by atoms with Crippen LogP contribution in [0.1, 0.15) is 59.8 Å². The maximum Gasteiger partial charge on any atom is 0.408 e. The second-order valence-corrected chi connectivity index (χ2v) is 8.41. The molecule has 0 aromatic rings. The van der Waals surface area contributed by atoms with Gasteiger partial charge in [0.2, 0.25) is 5.91 Å². The number of aliphatic carboxylic acids is 1. The number of carboxylic acid groups (broad SMARTS) is 1. The number of hydrogen-bond acceptors (Lipinski definition) is 5. The van der Waals surface area contributed by atoms with E-state index in [4.69, 9.17) is 4.74 Å². The molecule has 8 heteroatoms. The Hall–Kier alpha value is -2.09. The van der Waals surface area contributed by atoms with Gasteiger partial charge in [0.1, 0.15) is 17.7 Å². The lowest BCUT2D eigenvalue weighted by Gasteiger charge is -2.31. The molecule has 0 radical (unpaired) electrons. The maximum atomic E-state index is 13.1. The van der Waals surface area contributed by atoms with Crippen molar-refractivity contribution in [3.8, 4) is 0 Å². The van der Waals surface area contributed by atoms with Gasteiger partial charge >= 0.3 is 12.1 Å². The Labute approximate surface area is 166 Å². The number of carbonyl (C=O) groups is 3. The van der Waals surface area contributed by atoms with Crippen LogP contribution in [0.25, 0.3) is 0 Å². The predicted octanol–water partition coefficient (Wildman–Crippen LogP) is 2.31. The fourth-order valence-corrected chi connectivity index (χ4v) is 3.27. The Morgan fingerprint density at radius 3 is 2.50 bits per heavy atom. The summed E-state index contributed by atoms with van der Waals surface area (Å²) in [5, 5.41) is 21.8. The number of allylic oxidation sites excluding steroid dienone is 1. The van der Waals surface area contributed by atoms with Crippen molar-refractivity contribution in [2.45, 2.75) is 83.6 Å². The quantitative estimate of drug-likeness (QED) is 0.405. The summed E-state index contributed by atoms with van der Waals surface area (Å²) in [6.07, 6.45) is 3.49. The van der Waals surface area contributed by atoms with E-state index < -0.39 is 41.8 Å². The average molecular weight is 399 g/mol. The molecule has 1 saturated heterocycles. The van der Waals surface area contributed by atoms with Crippen LogP contribution in [0.15, 0.2) is 12.7 Å². The minimum atomic E-state index is -1.17. The average Bonchev–Trinajstić information content (AvgIpc) is 2.96. The molecule has 160 valence electrons. The van der Waals surface area contributed by atoms with Gasteiger partial charge < -0.3 is 25.2 Å². The molecule has 1 aliphatic rings. The topological polar surface area (TPSA) is 116 Å². The molecule has 0 aromatic heterocycles. The number of rotatable bonds is 9. The smallest absolute Gasteiger partial charge is 0.408 e. The van der Waals surface area contributed by atoms with Crippen molar-refractivity contribution in [1.82, 2.24) is 10.2 Å². The first kappa shape index (κ1) is 23.9. The summed E-state index contributed by atoms with van der Waals surface area (Å²) in [5.41, 5.74) is -0.724. The lowest BCUT2D eigenvalue weighted by molar-refractivity contribution is -0.149. The van der Waals surface area contributed by atoms with Crippen molar-refractivity contribution in [2.75, 3.05) is 6.54 Å². The number of alkyl carbamates (subject to hydrolysis) is 1. The van der Waals surface area contributed by atoms with E-state index in [1.54, 1.807) is 20.8 Å². The minimum absolute atomic E-state index is 0.0199. The Balaban J connectivity index is 2.94. The van der Waals surface area contributed by atoms with Crippen molar-refractivity contribution in [2.24, 2.45) is 5.92 Å². The first-order valence-electron chi connectivity index (χ1n) is 9.78. The number of carbonyl (C=O) groups excluding carboxylic acids is 2. The summed E-state index contributed by atoms with van der Waals surface area (Å²) in [6, 6.07) is -2.02. The van der Waals surface area contributed by atoms with Gasteiger partial charge in [-0.3, -0.25) is 4.79 Å². The van der Waals surface area contributed by atoms with Crippen molar-refractivity contribution >= 4 is 18.0 Å². The van der Waals surface area contributed by atoms with Crippen molar-refractivity contribution in [3.63, 3.8) is 0 Å². The maximum absolute atomic E-state index is 13.1. The highest BCUT2D eigenvalue weighted by Crippen LogP contribution is 2.23. The van der Waals surface area contributed by atoms with Gasteiger partial charge in [-0.15, -0.1) is 6.58 Å². The summed E-state index contributed by atoms with van der Waals surface area (Å²) in [5.74, 6) is -1.90. The molecule has 8 nitrogen and oxygen atoms in total. The molecule has 0 spiro atoms. The zero-order valence-corrected chi connectivity index (χ0v) is 17.3. The van der Waals surface area contributed by atoms with Gasteiger partial charge in [-0.25, -0.2) is 9.59 Å².